The summed E-state index contributed by atoms with van der Waals surface area (Å²) in [6.45, 7) is -0.632. The standard InChI is InChI=1S/C17H15F2N3O4S2/c1-21-14-6-3-10(7-15(14)27-17(21)24)20-16(23)9-22(28(2,25)26)11-4-5-12(18)13(19)8-11/h3-8H,9H2,1-2H3,(H,20,23). The Balaban J connectivity index is 1.84. The van der Waals surface area contributed by atoms with Gasteiger partial charge >= 0.3 is 4.87 Å². The van der Waals surface area contributed by atoms with Crippen molar-refractivity contribution in [2.75, 3.05) is 22.4 Å². The van der Waals surface area contributed by atoms with E-state index in [1.165, 1.54) is 4.57 Å². The van der Waals surface area contributed by atoms with Crippen LogP contribution in [-0.4, -0.2) is 31.7 Å². The molecule has 28 heavy (non-hydrogen) atoms. The first-order valence-corrected chi connectivity index (χ1v) is 10.5. The van der Waals surface area contributed by atoms with Crippen LogP contribution in [0.4, 0.5) is 20.2 Å². The molecule has 0 radical (unpaired) electrons. The smallest absolute Gasteiger partial charge is 0.307 e. The third kappa shape index (κ3) is 4.04. The Bertz CT molecular complexity index is 1230. The first-order chi connectivity index (χ1) is 13.1. The number of nitrogens with one attached hydrogen (secondary N) is 1. The molecule has 0 aliphatic rings. The predicted molar refractivity (Wildman–Crippen MR) is 104 cm³/mol. The van der Waals surface area contributed by atoms with Gasteiger partial charge in [-0.05, 0) is 30.3 Å². The molecule has 1 aromatic heterocycles. The van der Waals surface area contributed by atoms with Crippen molar-refractivity contribution in [3.63, 3.8) is 0 Å². The van der Waals surface area contributed by atoms with Crippen LogP contribution in [0.15, 0.2) is 41.2 Å². The molecule has 0 bridgehead atoms. The maximum Gasteiger partial charge on any atom is 0.307 e. The van der Waals surface area contributed by atoms with Crippen LogP contribution in [0, 0.1) is 11.6 Å². The number of fused-ring (bicyclic) bond motifs is 1. The van der Waals surface area contributed by atoms with E-state index in [0.29, 0.717) is 26.3 Å². The summed E-state index contributed by atoms with van der Waals surface area (Å²) in [6, 6.07) is 7.40. The van der Waals surface area contributed by atoms with E-state index in [4.69, 9.17) is 0 Å². The molecule has 1 amide bonds. The summed E-state index contributed by atoms with van der Waals surface area (Å²) < 4.78 is 53.4. The molecule has 0 fully saturated rings. The highest BCUT2D eigenvalue weighted by molar-refractivity contribution is 7.92. The summed E-state index contributed by atoms with van der Waals surface area (Å²) >= 11 is 1.01. The van der Waals surface area contributed by atoms with E-state index >= 15 is 0 Å². The first kappa shape index (κ1) is 20.0. The lowest BCUT2D eigenvalue weighted by atomic mass is 10.3. The zero-order chi connectivity index (χ0) is 20.6. The van der Waals surface area contributed by atoms with Crippen LogP contribution >= 0.6 is 11.3 Å². The Morgan fingerprint density at radius 3 is 2.54 bits per heavy atom. The minimum absolute atomic E-state index is 0.153. The highest BCUT2D eigenvalue weighted by atomic mass is 32.2. The minimum Gasteiger partial charge on any atom is -0.324 e. The molecule has 0 spiro atoms. The van der Waals surface area contributed by atoms with Crippen LogP contribution in [0.2, 0.25) is 0 Å². The zero-order valence-corrected chi connectivity index (χ0v) is 16.4. The molecule has 0 aliphatic carbocycles. The zero-order valence-electron chi connectivity index (χ0n) is 14.8. The van der Waals surface area contributed by atoms with Crippen molar-refractivity contribution in [1.82, 2.24) is 4.57 Å². The molecule has 0 unspecified atom stereocenters. The number of thiazole rings is 1. The van der Waals surface area contributed by atoms with Gasteiger partial charge in [-0.3, -0.25) is 13.9 Å². The van der Waals surface area contributed by atoms with Crippen LogP contribution in [-0.2, 0) is 21.9 Å². The number of sulfonamides is 1. The quantitative estimate of drug-likeness (QED) is 0.677. The lowest BCUT2D eigenvalue weighted by Crippen LogP contribution is -2.37. The summed E-state index contributed by atoms with van der Waals surface area (Å²) in [6.07, 6.45) is 0.856. The van der Waals surface area contributed by atoms with E-state index in [2.05, 4.69) is 5.32 Å². The van der Waals surface area contributed by atoms with Gasteiger partial charge in [-0.15, -0.1) is 0 Å². The molecule has 11 heteroatoms. The SMILES string of the molecule is Cn1c(=O)sc2cc(NC(=O)CN(c3ccc(F)c(F)c3)S(C)(=O)=O)ccc21. The molecule has 3 aromatic rings. The van der Waals surface area contributed by atoms with Gasteiger partial charge in [0.15, 0.2) is 11.6 Å². The summed E-state index contributed by atoms with van der Waals surface area (Å²) in [5, 5.41) is 2.54. The van der Waals surface area contributed by atoms with Crippen LogP contribution in [0.25, 0.3) is 10.2 Å². The van der Waals surface area contributed by atoms with Crippen LogP contribution < -0.4 is 14.5 Å². The van der Waals surface area contributed by atoms with Gasteiger partial charge in [-0.1, -0.05) is 11.3 Å². The van der Waals surface area contributed by atoms with Crippen molar-refractivity contribution < 1.29 is 22.0 Å². The second-order valence-corrected chi connectivity index (χ2v) is 8.93. The maximum absolute atomic E-state index is 13.5. The predicted octanol–water partition coefficient (Wildman–Crippen LogP) is 2.28. The number of hydrogen-bond acceptors (Lipinski definition) is 5. The molecule has 148 valence electrons. The van der Waals surface area contributed by atoms with Gasteiger partial charge in [-0.2, -0.15) is 0 Å². The summed E-state index contributed by atoms with van der Waals surface area (Å²) in [7, 11) is -2.30. The second-order valence-electron chi connectivity index (χ2n) is 6.03. The molecule has 0 saturated heterocycles. The Hall–Kier alpha value is -2.79. The third-order valence-corrected chi connectivity index (χ3v) is 6.09. The van der Waals surface area contributed by atoms with Crippen molar-refractivity contribution in [2.45, 2.75) is 0 Å². The van der Waals surface area contributed by atoms with Gasteiger partial charge in [0.05, 0.1) is 22.2 Å². The average Bonchev–Trinajstić information content (AvgIpc) is 2.88. The molecule has 1 heterocycles. The number of amides is 1. The molecule has 0 saturated carbocycles. The fourth-order valence-corrected chi connectivity index (χ4v) is 4.35. The number of aromatic nitrogens is 1. The largest absolute Gasteiger partial charge is 0.324 e. The van der Waals surface area contributed by atoms with Gasteiger partial charge in [0, 0.05) is 18.8 Å². The Kier molecular flexibility index (Phi) is 5.22. The Morgan fingerprint density at radius 1 is 1.18 bits per heavy atom. The molecular weight excluding hydrogens is 412 g/mol. The maximum atomic E-state index is 13.5. The van der Waals surface area contributed by atoms with E-state index in [-0.39, 0.29) is 10.6 Å². The number of carbonyl (C=O) groups is 1. The first-order valence-electron chi connectivity index (χ1n) is 7.88. The van der Waals surface area contributed by atoms with Gasteiger partial charge in [0.1, 0.15) is 6.54 Å². The summed E-state index contributed by atoms with van der Waals surface area (Å²) in [5.41, 5.74) is 0.902. The van der Waals surface area contributed by atoms with Crippen molar-refractivity contribution in [3.05, 3.63) is 57.7 Å². The second kappa shape index (κ2) is 7.32. The molecule has 0 atom stereocenters. The number of hydrogen-bond donors (Lipinski definition) is 1. The van der Waals surface area contributed by atoms with Gasteiger partial charge in [-0.25, -0.2) is 17.2 Å². The Morgan fingerprint density at radius 2 is 1.89 bits per heavy atom. The van der Waals surface area contributed by atoms with Crippen LogP contribution in [0.1, 0.15) is 0 Å². The average molecular weight is 427 g/mol. The molecular formula is C17H15F2N3O4S2. The van der Waals surface area contributed by atoms with Crippen molar-refractivity contribution in [2.24, 2.45) is 7.05 Å². The van der Waals surface area contributed by atoms with E-state index in [1.54, 1.807) is 25.2 Å². The summed E-state index contributed by atoms with van der Waals surface area (Å²) in [5.74, 6) is -3.04. The van der Waals surface area contributed by atoms with E-state index in [1.807, 2.05) is 0 Å². The lowest BCUT2D eigenvalue weighted by molar-refractivity contribution is -0.114. The van der Waals surface area contributed by atoms with Gasteiger partial charge in [0.2, 0.25) is 15.9 Å². The highest BCUT2D eigenvalue weighted by Crippen LogP contribution is 2.23. The van der Waals surface area contributed by atoms with E-state index in [0.717, 1.165) is 29.7 Å². The van der Waals surface area contributed by atoms with Crippen molar-refractivity contribution >= 4 is 48.9 Å². The van der Waals surface area contributed by atoms with E-state index in [9.17, 15) is 26.8 Å². The van der Waals surface area contributed by atoms with Crippen molar-refractivity contribution in [3.8, 4) is 0 Å². The number of carbonyl (C=O) groups excluding carboxylic acids is 1. The lowest BCUT2D eigenvalue weighted by Gasteiger charge is -2.22. The van der Waals surface area contributed by atoms with Gasteiger partial charge in [0.25, 0.3) is 0 Å². The molecule has 2 aromatic carbocycles. The van der Waals surface area contributed by atoms with Crippen LogP contribution in [0.3, 0.4) is 0 Å². The number of benzene rings is 2. The number of anilines is 2. The summed E-state index contributed by atoms with van der Waals surface area (Å²) in [4.78, 5) is 23.9. The molecule has 7 nitrogen and oxygen atoms in total. The topological polar surface area (TPSA) is 88.5 Å². The van der Waals surface area contributed by atoms with Crippen LogP contribution in [0.5, 0.6) is 0 Å². The molecule has 1 N–H and O–H groups in total. The fourth-order valence-electron chi connectivity index (χ4n) is 2.58. The normalized spacial score (nSPS) is 11.6. The Labute approximate surface area is 162 Å². The number of nitrogens with zero attached hydrogens (tertiary/aromatic N) is 2. The minimum atomic E-state index is -3.93. The fraction of sp³-hybridized carbons (Fsp3) is 0.176. The van der Waals surface area contributed by atoms with Gasteiger partial charge < -0.3 is 9.88 Å². The number of rotatable bonds is 5. The van der Waals surface area contributed by atoms with E-state index < -0.39 is 34.1 Å². The number of halogens is 2. The highest BCUT2D eigenvalue weighted by Gasteiger charge is 2.22. The third-order valence-electron chi connectivity index (χ3n) is 3.95. The monoisotopic (exact) mass is 427 g/mol. The number of aryl methyl sites for hydroxylation is 1. The van der Waals surface area contributed by atoms with Crippen molar-refractivity contribution in [1.29, 1.82) is 0 Å². The molecule has 3 rings (SSSR count). The molecule has 0 aliphatic heterocycles.